The Labute approximate surface area is 209 Å². The Morgan fingerprint density at radius 1 is 0.472 bits per heavy atom. The summed E-state index contributed by atoms with van der Waals surface area (Å²) in [7, 11) is 0. The lowest BCUT2D eigenvalue weighted by Gasteiger charge is -2.14. The molecule has 2 rings (SSSR count). The maximum Gasteiger partial charge on any atom is 0.330 e. The standard InChI is InChI=1S/C28H26O8/c1-5-25(29)33-15-19-9-20(16-34-26(30)6-2)12-23(11-19)24-13-21(17-35-27(31)7-3)10-22(14-24)18-36-28(32)8-4/h5-14H,1-4,15-18H2. The second-order valence-corrected chi connectivity index (χ2v) is 7.32. The molecule has 0 atom stereocenters. The molecule has 186 valence electrons. The SMILES string of the molecule is C=CC(=O)OCc1cc(COC(=O)C=C)cc(-c2cc(COC(=O)C=C)cc(COC(=O)C=C)c2)c1. The van der Waals surface area contributed by atoms with Gasteiger partial charge in [0.05, 0.1) is 0 Å². The highest BCUT2D eigenvalue weighted by molar-refractivity contribution is 5.82. The largest absolute Gasteiger partial charge is 0.458 e. The van der Waals surface area contributed by atoms with Crippen LogP contribution < -0.4 is 0 Å². The van der Waals surface area contributed by atoms with Gasteiger partial charge in [0.1, 0.15) is 26.4 Å². The third kappa shape index (κ3) is 8.90. The summed E-state index contributed by atoms with van der Waals surface area (Å²) in [5, 5.41) is 0. The van der Waals surface area contributed by atoms with Crippen LogP contribution in [0.15, 0.2) is 87.0 Å². The second-order valence-electron chi connectivity index (χ2n) is 7.32. The summed E-state index contributed by atoms with van der Waals surface area (Å²) >= 11 is 0. The number of carbonyl (C=O) groups is 4. The van der Waals surface area contributed by atoms with Gasteiger partial charge in [-0.05, 0) is 69.8 Å². The lowest BCUT2D eigenvalue weighted by Crippen LogP contribution is -2.05. The van der Waals surface area contributed by atoms with Gasteiger partial charge in [0.2, 0.25) is 0 Å². The summed E-state index contributed by atoms with van der Waals surface area (Å²) in [6.07, 6.45) is 4.23. The van der Waals surface area contributed by atoms with Gasteiger partial charge in [-0.2, -0.15) is 0 Å². The summed E-state index contributed by atoms with van der Waals surface area (Å²) in [4.78, 5) is 46.2. The molecule has 36 heavy (non-hydrogen) atoms. The second kappa shape index (κ2) is 13.9. The van der Waals surface area contributed by atoms with Crippen LogP contribution in [0.5, 0.6) is 0 Å². The molecule has 8 nitrogen and oxygen atoms in total. The molecular weight excluding hydrogens is 464 g/mol. The Bertz CT molecular complexity index is 1010. The van der Waals surface area contributed by atoms with E-state index in [1.807, 2.05) is 0 Å². The minimum atomic E-state index is -0.586. The molecule has 0 heterocycles. The van der Waals surface area contributed by atoms with Crippen LogP contribution in [-0.4, -0.2) is 23.9 Å². The van der Waals surface area contributed by atoms with E-state index >= 15 is 0 Å². The number of ether oxygens (including phenoxy) is 4. The van der Waals surface area contributed by atoms with E-state index in [0.29, 0.717) is 33.4 Å². The van der Waals surface area contributed by atoms with Crippen LogP contribution in [0.2, 0.25) is 0 Å². The van der Waals surface area contributed by atoms with E-state index in [9.17, 15) is 19.2 Å². The van der Waals surface area contributed by atoms with Gasteiger partial charge >= 0.3 is 23.9 Å². The Morgan fingerprint density at radius 2 is 0.694 bits per heavy atom. The third-order valence-corrected chi connectivity index (χ3v) is 4.63. The lowest BCUT2D eigenvalue weighted by atomic mass is 9.96. The number of esters is 4. The number of benzene rings is 2. The summed E-state index contributed by atoms with van der Waals surface area (Å²) in [6.45, 7) is 13.4. The molecule has 0 aliphatic rings. The van der Waals surface area contributed by atoms with Crippen molar-refractivity contribution >= 4 is 23.9 Å². The Morgan fingerprint density at radius 3 is 0.889 bits per heavy atom. The normalized spacial score (nSPS) is 9.89. The first-order valence-electron chi connectivity index (χ1n) is 10.7. The summed E-state index contributed by atoms with van der Waals surface area (Å²) in [5.41, 5.74) is 3.93. The van der Waals surface area contributed by atoms with Gasteiger partial charge in [-0.3, -0.25) is 0 Å². The van der Waals surface area contributed by atoms with Crippen molar-refractivity contribution in [3.8, 4) is 11.1 Å². The van der Waals surface area contributed by atoms with Crippen LogP contribution in [-0.2, 0) is 64.6 Å². The van der Waals surface area contributed by atoms with Crippen molar-refractivity contribution in [3.63, 3.8) is 0 Å². The highest BCUT2D eigenvalue weighted by atomic mass is 16.5. The molecule has 0 amide bonds. The van der Waals surface area contributed by atoms with Gasteiger partial charge < -0.3 is 18.9 Å². The van der Waals surface area contributed by atoms with Crippen molar-refractivity contribution in [2.75, 3.05) is 0 Å². The minimum Gasteiger partial charge on any atom is -0.458 e. The van der Waals surface area contributed by atoms with Crippen molar-refractivity contribution in [1.29, 1.82) is 0 Å². The van der Waals surface area contributed by atoms with Crippen LogP contribution >= 0.6 is 0 Å². The van der Waals surface area contributed by atoms with Crippen molar-refractivity contribution in [2.24, 2.45) is 0 Å². The quantitative estimate of drug-likeness (QED) is 0.233. The van der Waals surface area contributed by atoms with Gasteiger partial charge in [0.25, 0.3) is 0 Å². The number of hydrogen-bond donors (Lipinski definition) is 0. The van der Waals surface area contributed by atoms with Crippen LogP contribution in [0.3, 0.4) is 0 Å². The molecule has 0 aliphatic heterocycles. The molecule has 0 aromatic heterocycles. The summed E-state index contributed by atoms with van der Waals surface area (Å²) in [6, 6.07) is 10.7. The average molecular weight is 491 g/mol. The third-order valence-electron chi connectivity index (χ3n) is 4.63. The first-order chi connectivity index (χ1) is 17.3. The van der Waals surface area contributed by atoms with Crippen LogP contribution in [0, 0.1) is 0 Å². The van der Waals surface area contributed by atoms with E-state index in [1.165, 1.54) is 0 Å². The van der Waals surface area contributed by atoms with Gasteiger partial charge in [-0.15, -0.1) is 0 Å². The summed E-state index contributed by atoms with van der Waals surface area (Å²) in [5.74, 6) is -2.34. The molecule has 0 N–H and O–H groups in total. The monoisotopic (exact) mass is 490 g/mol. The van der Waals surface area contributed by atoms with Crippen LogP contribution in [0.4, 0.5) is 0 Å². The molecule has 0 fully saturated rings. The van der Waals surface area contributed by atoms with Crippen molar-refractivity contribution in [2.45, 2.75) is 26.4 Å². The predicted molar refractivity (Wildman–Crippen MR) is 132 cm³/mol. The summed E-state index contributed by atoms with van der Waals surface area (Å²) < 4.78 is 20.6. The van der Waals surface area contributed by atoms with Gasteiger partial charge in [0.15, 0.2) is 0 Å². The highest BCUT2D eigenvalue weighted by Crippen LogP contribution is 2.27. The average Bonchev–Trinajstić information content (AvgIpc) is 2.91. The lowest BCUT2D eigenvalue weighted by molar-refractivity contribution is -0.140. The molecule has 0 aliphatic carbocycles. The van der Waals surface area contributed by atoms with Gasteiger partial charge in [-0.25, -0.2) is 19.2 Å². The first-order valence-corrected chi connectivity index (χ1v) is 10.7. The van der Waals surface area contributed by atoms with Gasteiger partial charge in [-0.1, -0.05) is 26.3 Å². The number of rotatable bonds is 13. The maximum atomic E-state index is 11.6. The zero-order chi connectivity index (χ0) is 26.5. The Kier molecular flexibility index (Phi) is 10.6. The fourth-order valence-corrected chi connectivity index (χ4v) is 3.05. The van der Waals surface area contributed by atoms with Crippen molar-refractivity contribution in [1.82, 2.24) is 0 Å². The molecule has 2 aromatic rings. The molecular formula is C28H26O8. The van der Waals surface area contributed by atoms with Crippen LogP contribution in [0.25, 0.3) is 11.1 Å². The zero-order valence-electron chi connectivity index (χ0n) is 19.7. The molecule has 0 bridgehead atoms. The Hall–Kier alpha value is -4.72. The van der Waals surface area contributed by atoms with E-state index < -0.39 is 23.9 Å². The maximum absolute atomic E-state index is 11.6. The Balaban J connectivity index is 2.49. The fraction of sp³-hybridized carbons (Fsp3) is 0.143. The van der Waals surface area contributed by atoms with Crippen molar-refractivity contribution < 1.29 is 38.1 Å². The molecule has 8 heteroatoms. The van der Waals surface area contributed by atoms with Crippen LogP contribution in [0.1, 0.15) is 22.3 Å². The first kappa shape index (κ1) is 27.5. The van der Waals surface area contributed by atoms with Gasteiger partial charge in [0, 0.05) is 24.3 Å². The van der Waals surface area contributed by atoms with Crippen molar-refractivity contribution in [3.05, 3.63) is 109 Å². The number of hydrogen-bond acceptors (Lipinski definition) is 8. The molecule has 0 unspecified atom stereocenters. The molecule has 0 saturated heterocycles. The van der Waals surface area contributed by atoms with E-state index in [1.54, 1.807) is 36.4 Å². The predicted octanol–water partition coefficient (Wildman–Crippen LogP) is 4.27. The van der Waals surface area contributed by atoms with E-state index in [0.717, 1.165) is 24.3 Å². The molecule has 0 spiro atoms. The van der Waals surface area contributed by atoms with E-state index in [-0.39, 0.29) is 26.4 Å². The fourth-order valence-electron chi connectivity index (χ4n) is 3.05. The number of carbonyl (C=O) groups excluding carboxylic acids is 4. The zero-order valence-corrected chi connectivity index (χ0v) is 19.7. The highest BCUT2D eigenvalue weighted by Gasteiger charge is 2.11. The topological polar surface area (TPSA) is 105 Å². The van der Waals surface area contributed by atoms with E-state index in [4.69, 9.17) is 18.9 Å². The molecule has 0 radical (unpaired) electrons. The van der Waals surface area contributed by atoms with E-state index in [2.05, 4.69) is 26.3 Å². The molecule has 2 aromatic carbocycles. The minimum absolute atomic E-state index is 0.0401. The smallest absolute Gasteiger partial charge is 0.330 e. The molecule has 0 saturated carbocycles.